The van der Waals surface area contributed by atoms with Gasteiger partial charge in [0.15, 0.2) is 0 Å². The number of hydrogen-bond donors (Lipinski definition) is 4. The molecule has 0 saturated carbocycles. The van der Waals surface area contributed by atoms with Crippen molar-refractivity contribution >= 4 is 5.91 Å². The fourth-order valence-corrected chi connectivity index (χ4v) is 0.824. The lowest BCUT2D eigenvalue weighted by Crippen LogP contribution is -2.26. The molecule has 0 bridgehead atoms. The van der Waals surface area contributed by atoms with Gasteiger partial charge in [0.05, 0.1) is 18.6 Å². The Hall–Kier alpha value is -0.650. The number of hydroxylamine groups is 1. The molecule has 0 aliphatic carbocycles. The Labute approximate surface area is 71.0 Å². The third-order valence-corrected chi connectivity index (χ3v) is 1.56. The van der Waals surface area contributed by atoms with Crippen LogP contribution in [0.3, 0.4) is 0 Å². The first-order valence-electron chi connectivity index (χ1n) is 3.89. The van der Waals surface area contributed by atoms with E-state index in [1.807, 2.05) is 0 Å². The SMILES string of the molecule is CCC(O)CC(O)CC(=O)NO. The normalized spacial score (nSPS) is 15.3. The number of aliphatic hydroxyl groups excluding tert-OH is 2. The lowest BCUT2D eigenvalue weighted by atomic mass is 10.1. The van der Waals surface area contributed by atoms with Gasteiger partial charge >= 0.3 is 0 Å². The quantitative estimate of drug-likeness (QED) is 0.333. The molecule has 0 radical (unpaired) electrons. The molecule has 2 atom stereocenters. The molecule has 4 N–H and O–H groups in total. The first kappa shape index (κ1) is 11.4. The summed E-state index contributed by atoms with van der Waals surface area (Å²) in [6, 6.07) is 0. The van der Waals surface area contributed by atoms with Crippen LogP contribution in [0.2, 0.25) is 0 Å². The Balaban J connectivity index is 3.58. The van der Waals surface area contributed by atoms with Crippen molar-refractivity contribution in [2.24, 2.45) is 0 Å². The number of aliphatic hydroxyl groups is 2. The van der Waals surface area contributed by atoms with Gasteiger partial charge in [-0.2, -0.15) is 0 Å². The van der Waals surface area contributed by atoms with Gasteiger partial charge in [-0.15, -0.1) is 0 Å². The van der Waals surface area contributed by atoms with E-state index in [0.717, 1.165) is 0 Å². The molecule has 72 valence electrons. The van der Waals surface area contributed by atoms with Gasteiger partial charge in [0, 0.05) is 0 Å². The number of nitrogens with one attached hydrogen (secondary N) is 1. The second-order valence-electron chi connectivity index (χ2n) is 2.69. The Morgan fingerprint density at radius 1 is 1.42 bits per heavy atom. The molecule has 12 heavy (non-hydrogen) atoms. The number of hydrogen-bond acceptors (Lipinski definition) is 4. The maximum Gasteiger partial charge on any atom is 0.245 e. The zero-order chi connectivity index (χ0) is 9.56. The Morgan fingerprint density at radius 2 is 2.00 bits per heavy atom. The minimum Gasteiger partial charge on any atom is -0.393 e. The van der Waals surface area contributed by atoms with Crippen molar-refractivity contribution in [3.05, 3.63) is 0 Å². The van der Waals surface area contributed by atoms with Crippen molar-refractivity contribution in [2.75, 3.05) is 0 Å². The lowest BCUT2D eigenvalue weighted by Gasteiger charge is -2.12. The summed E-state index contributed by atoms with van der Waals surface area (Å²) in [6.45, 7) is 1.78. The minimum atomic E-state index is -0.896. The van der Waals surface area contributed by atoms with Crippen molar-refractivity contribution in [1.29, 1.82) is 0 Å². The van der Waals surface area contributed by atoms with Gasteiger partial charge in [-0.25, -0.2) is 5.48 Å². The molecule has 0 spiro atoms. The molecule has 0 rings (SSSR count). The fourth-order valence-electron chi connectivity index (χ4n) is 0.824. The summed E-state index contributed by atoms with van der Waals surface area (Å²) in [5.74, 6) is -0.647. The molecule has 2 unspecified atom stereocenters. The summed E-state index contributed by atoms with van der Waals surface area (Å²) >= 11 is 0. The molecule has 0 aromatic rings. The Kier molecular flexibility index (Phi) is 5.61. The highest BCUT2D eigenvalue weighted by Gasteiger charge is 2.13. The monoisotopic (exact) mass is 177 g/mol. The summed E-state index contributed by atoms with van der Waals surface area (Å²) in [7, 11) is 0. The summed E-state index contributed by atoms with van der Waals surface area (Å²) in [4.78, 5) is 10.5. The van der Waals surface area contributed by atoms with Crippen LogP contribution in [0, 0.1) is 0 Å². The maximum atomic E-state index is 10.5. The third kappa shape index (κ3) is 5.06. The zero-order valence-electron chi connectivity index (χ0n) is 7.03. The number of rotatable bonds is 5. The third-order valence-electron chi connectivity index (χ3n) is 1.56. The Morgan fingerprint density at radius 3 is 2.42 bits per heavy atom. The molecule has 0 aromatic heterocycles. The maximum absolute atomic E-state index is 10.5. The summed E-state index contributed by atoms with van der Waals surface area (Å²) in [6.07, 6.45) is -0.978. The fraction of sp³-hybridized carbons (Fsp3) is 0.857. The molecule has 0 saturated heterocycles. The molecule has 0 aromatic carbocycles. The summed E-state index contributed by atoms with van der Waals surface area (Å²) in [5.41, 5.74) is 1.41. The average molecular weight is 177 g/mol. The second-order valence-corrected chi connectivity index (χ2v) is 2.69. The number of carbonyl (C=O) groups excluding carboxylic acids is 1. The van der Waals surface area contributed by atoms with E-state index in [4.69, 9.17) is 15.4 Å². The van der Waals surface area contributed by atoms with E-state index in [1.54, 1.807) is 6.92 Å². The molecule has 0 aliphatic heterocycles. The van der Waals surface area contributed by atoms with Gasteiger partial charge in [-0.05, 0) is 12.8 Å². The first-order valence-corrected chi connectivity index (χ1v) is 3.89. The van der Waals surface area contributed by atoms with Crippen LogP contribution in [0.15, 0.2) is 0 Å². The predicted molar refractivity (Wildman–Crippen MR) is 41.5 cm³/mol. The molecule has 5 nitrogen and oxygen atoms in total. The van der Waals surface area contributed by atoms with Crippen LogP contribution in [-0.2, 0) is 4.79 Å². The van der Waals surface area contributed by atoms with E-state index in [1.165, 1.54) is 5.48 Å². The van der Waals surface area contributed by atoms with Crippen molar-refractivity contribution in [3.63, 3.8) is 0 Å². The van der Waals surface area contributed by atoms with Crippen molar-refractivity contribution in [3.8, 4) is 0 Å². The Bertz CT molecular complexity index is 139. The van der Waals surface area contributed by atoms with E-state index < -0.39 is 18.1 Å². The highest BCUT2D eigenvalue weighted by Crippen LogP contribution is 2.04. The van der Waals surface area contributed by atoms with Gasteiger partial charge in [-0.1, -0.05) is 6.92 Å². The van der Waals surface area contributed by atoms with Gasteiger partial charge < -0.3 is 10.2 Å². The van der Waals surface area contributed by atoms with Crippen molar-refractivity contribution in [2.45, 2.75) is 38.4 Å². The topological polar surface area (TPSA) is 89.8 Å². The van der Waals surface area contributed by atoms with Crippen molar-refractivity contribution < 1.29 is 20.2 Å². The van der Waals surface area contributed by atoms with E-state index in [-0.39, 0.29) is 12.8 Å². The highest BCUT2D eigenvalue weighted by atomic mass is 16.5. The van der Waals surface area contributed by atoms with Crippen LogP contribution in [0.25, 0.3) is 0 Å². The summed E-state index contributed by atoms with van der Waals surface area (Å²) in [5, 5.41) is 26.3. The standard InChI is InChI=1S/C7H15NO4/c1-2-5(9)3-6(10)4-7(11)8-12/h5-6,9-10,12H,2-4H2,1H3,(H,8,11). The van der Waals surface area contributed by atoms with Crippen LogP contribution in [0.5, 0.6) is 0 Å². The highest BCUT2D eigenvalue weighted by molar-refractivity contribution is 5.75. The van der Waals surface area contributed by atoms with Gasteiger partial charge in [-0.3, -0.25) is 10.0 Å². The number of carbonyl (C=O) groups is 1. The molecule has 1 amide bonds. The molecular formula is C7H15NO4. The number of amides is 1. The van der Waals surface area contributed by atoms with E-state index in [9.17, 15) is 4.79 Å². The minimum absolute atomic E-state index is 0.157. The van der Waals surface area contributed by atoms with Crippen LogP contribution in [-0.4, -0.2) is 33.5 Å². The average Bonchev–Trinajstić information content (AvgIpc) is 2.03. The van der Waals surface area contributed by atoms with E-state index >= 15 is 0 Å². The van der Waals surface area contributed by atoms with Crippen LogP contribution in [0.4, 0.5) is 0 Å². The molecule has 0 fully saturated rings. The van der Waals surface area contributed by atoms with E-state index in [0.29, 0.717) is 6.42 Å². The van der Waals surface area contributed by atoms with Crippen LogP contribution in [0.1, 0.15) is 26.2 Å². The zero-order valence-corrected chi connectivity index (χ0v) is 7.03. The van der Waals surface area contributed by atoms with Crippen LogP contribution >= 0.6 is 0 Å². The lowest BCUT2D eigenvalue weighted by molar-refractivity contribution is -0.131. The first-order chi connectivity index (χ1) is 5.60. The van der Waals surface area contributed by atoms with Crippen LogP contribution < -0.4 is 5.48 Å². The van der Waals surface area contributed by atoms with E-state index in [2.05, 4.69) is 0 Å². The molecule has 0 heterocycles. The van der Waals surface area contributed by atoms with Gasteiger partial charge in [0.25, 0.3) is 0 Å². The van der Waals surface area contributed by atoms with Gasteiger partial charge in [0.2, 0.25) is 5.91 Å². The molecular weight excluding hydrogens is 162 g/mol. The van der Waals surface area contributed by atoms with Gasteiger partial charge in [0.1, 0.15) is 0 Å². The molecule has 0 aliphatic rings. The molecule has 5 heteroatoms. The smallest absolute Gasteiger partial charge is 0.245 e. The summed E-state index contributed by atoms with van der Waals surface area (Å²) < 4.78 is 0. The second kappa shape index (κ2) is 5.93. The van der Waals surface area contributed by atoms with Crippen molar-refractivity contribution in [1.82, 2.24) is 5.48 Å². The largest absolute Gasteiger partial charge is 0.393 e. The predicted octanol–water partition coefficient (Wildman–Crippen LogP) is -0.596.